The summed E-state index contributed by atoms with van der Waals surface area (Å²) in [6, 6.07) is 5.37. The molecule has 0 radical (unpaired) electrons. The molecule has 0 N–H and O–H groups in total. The average Bonchev–Trinajstić information content (AvgIpc) is 2.63. The second-order valence-corrected chi connectivity index (χ2v) is 4.62. The maximum atomic E-state index is 10.8. The van der Waals surface area contributed by atoms with Crippen molar-refractivity contribution in [1.82, 2.24) is 20.2 Å². The van der Waals surface area contributed by atoms with Gasteiger partial charge in [-0.1, -0.05) is 6.07 Å². The third-order valence-electron chi connectivity index (χ3n) is 1.80. The molecule has 84 valence electrons. The van der Waals surface area contributed by atoms with Crippen molar-refractivity contribution in [2.75, 3.05) is 0 Å². The van der Waals surface area contributed by atoms with E-state index in [-0.39, 0.29) is 39.6 Å². The molecule has 0 saturated heterocycles. The number of rotatable bonds is 2. The van der Waals surface area contributed by atoms with Crippen LogP contribution in [-0.2, 0) is 10.1 Å². The predicted molar refractivity (Wildman–Crippen MR) is 54.4 cm³/mol. The van der Waals surface area contributed by atoms with Crippen molar-refractivity contribution in [3.8, 4) is 5.69 Å². The van der Waals surface area contributed by atoms with Crippen LogP contribution in [-0.4, -0.2) is 33.2 Å². The van der Waals surface area contributed by atoms with Crippen molar-refractivity contribution in [2.24, 2.45) is 0 Å². The minimum absolute atomic E-state index is 0. The predicted octanol–water partition coefficient (Wildman–Crippen LogP) is -3.14. The minimum atomic E-state index is -4.49. The summed E-state index contributed by atoms with van der Waals surface area (Å²) in [4.78, 5) is -0.340. The molecular formula is C7H5N4NaO3S2. The summed E-state index contributed by atoms with van der Waals surface area (Å²) in [5.41, 5.74) is 0.354. The molecule has 10 heteroatoms. The number of hydrogen-bond donors (Lipinski definition) is 1. The zero-order valence-electron chi connectivity index (χ0n) is 8.68. The van der Waals surface area contributed by atoms with E-state index in [0.717, 1.165) is 0 Å². The van der Waals surface area contributed by atoms with Crippen molar-refractivity contribution < 1.29 is 42.5 Å². The van der Waals surface area contributed by atoms with Crippen LogP contribution in [0.5, 0.6) is 0 Å². The standard InChI is InChI=1S/C7H6N4O3S2.Na/c12-16(13,14)6-3-1-2-5(4-6)11-7(15)8-9-10-11;/h1-4H,(H,8,10,15)(H,12,13,14);/q;+1/p-1. The van der Waals surface area contributed by atoms with Crippen LogP contribution >= 0.6 is 12.6 Å². The molecule has 0 aliphatic rings. The summed E-state index contributed by atoms with van der Waals surface area (Å²) in [7, 11) is -4.49. The van der Waals surface area contributed by atoms with E-state index < -0.39 is 10.1 Å². The molecular weight excluding hydrogens is 275 g/mol. The Morgan fingerprint density at radius 2 is 2.06 bits per heavy atom. The summed E-state index contributed by atoms with van der Waals surface area (Å²) in [6.45, 7) is 0. The third kappa shape index (κ3) is 3.27. The zero-order valence-corrected chi connectivity index (χ0v) is 12.4. The van der Waals surface area contributed by atoms with Gasteiger partial charge in [0.25, 0.3) is 0 Å². The Kier molecular flexibility index (Phi) is 4.69. The third-order valence-corrected chi connectivity index (χ3v) is 2.91. The molecule has 0 aliphatic carbocycles. The number of benzene rings is 1. The molecule has 0 atom stereocenters. The molecule has 0 spiro atoms. The first-order valence-electron chi connectivity index (χ1n) is 4.02. The van der Waals surface area contributed by atoms with Gasteiger partial charge in [0.2, 0.25) is 5.16 Å². The monoisotopic (exact) mass is 280 g/mol. The Hall–Kier alpha value is -0.450. The minimum Gasteiger partial charge on any atom is -0.744 e. The van der Waals surface area contributed by atoms with Gasteiger partial charge in [-0.05, 0) is 28.6 Å². The Morgan fingerprint density at radius 1 is 1.35 bits per heavy atom. The van der Waals surface area contributed by atoms with Gasteiger partial charge in [-0.25, -0.2) is 8.42 Å². The van der Waals surface area contributed by atoms with Crippen LogP contribution in [0.25, 0.3) is 5.69 Å². The van der Waals surface area contributed by atoms with Crippen LogP contribution in [0.15, 0.2) is 34.3 Å². The molecule has 0 fully saturated rings. The molecule has 1 aromatic heterocycles. The normalized spacial score (nSPS) is 10.9. The molecule has 2 aromatic rings. The maximum absolute atomic E-state index is 10.8. The zero-order chi connectivity index (χ0) is 11.8. The summed E-state index contributed by atoms with van der Waals surface area (Å²) < 4.78 is 33.6. The summed E-state index contributed by atoms with van der Waals surface area (Å²) in [5, 5.41) is 10.7. The van der Waals surface area contributed by atoms with E-state index in [0.29, 0.717) is 5.69 Å². The largest absolute Gasteiger partial charge is 1.00 e. The van der Waals surface area contributed by atoms with E-state index in [4.69, 9.17) is 0 Å². The summed E-state index contributed by atoms with van der Waals surface area (Å²) in [5.74, 6) is 0. The van der Waals surface area contributed by atoms with Gasteiger partial charge in [-0.15, -0.1) is 17.7 Å². The molecule has 2 rings (SSSR count). The van der Waals surface area contributed by atoms with Crippen LogP contribution in [0.4, 0.5) is 0 Å². The van der Waals surface area contributed by atoms with Gasteiger partial charge >= 0.3 is 29.6 Å². The summed E-state index contributed by atoms with van der Waals surface area (Å²) in [6.07, 6.45) is 0. The summed E-state index contributed by atoms with van der Waals surface area (Å²) >= 11 is 3.97. The van der Waals surface area contributed by atoms with Crippen LogP contribution in [0.2, 0.25) is 0 Å². The second kappa shape index (κ2) is 5.46. The van der Waals surface area contributed by atoms with E-state index in [2.05, 4.69) is 28.2 Å². The molecule has 17 heavy (non-hydrogen) atoms. The number of tetrazole rings is 1. The fourth-order valence-electron chi connectivity index (χ4n) is 1.12. The van der Waals surface area contributed by atoms with E-state index in [9.17, 15) is 13.0 Å². The van der Waals surface area contributed by atoms with Gasteiger partial charge in [0.05, 0.1) is 10.6 Å². The SMILES string of the molecule is O=S(=O)([O-])c1cccc(-n2nnnc2S)c1.[Na+]. The molecule has 0 bridgehead atoms. The molecule has 1 aromatic carbocycles. The molecule has 1 heterocycles. The fraction of sp³-hybridized carbons (Fsp3) is 0. The van der Waals surface area contributed by atoms with E-state index in [1.54, 1.807) is 6.07 Å². The molecule has 7 nitrogen and oxygen atoms in total. The number of aromatic nitrogens is 4. The Bertz CT molecular complexity index is 628. The molecule has 0 amide bonds. The van der Waals surface area contributed by atoms with Crippen LogP contribution in [0, 0.1) is 0 Å². The van der Waals surface area contributed by atoms with Crippen molar-refractivity contribution in [3.05, 3.63) is 24.3 Å². The second-order valence-electron chi connectivity index (χ2n) is 2.84. The van der Waals surface area contributed by atoms with Gasteiger partial charge in [0.1, 0.15) is 10.1 Å². The average molecular weight is 280 g/mol. The van der Waals surface area contributed by atoms with Crippen LogP contribution in [0.3, 0.4) is 0 Å². The van der Waals surface area contributed by atoms with Crippen LogP contribution < -0.4 is 29.6 Å². The maximum Gasteiger partial charge on any atom is 1.00 e. The topological polar surface area (TPSA) is 101 Å². The first-order chi connectivity index (χ1) is 7.48. The van der Waals surface area contributed by atoms with Crippen molar-refractivity contribution in [3.63, 3.8) is 0 Å². The molecule has 0 unspecified atom stereocenters. The van der Waals surface area contributed by atoms with Crippen molar-refractivity contribution >= 4 is 22.7 Å². The first-order valence-corrected chi connectivity index (χ1v) is 5.88. The van der Waals surface area contributed by atoms with Crippen molar-refractivity contribution in [2.45, 2.75) is 10.1 Å². The first kappa shape index (κ1) is 14.6. The smallest absolute Gasteiger partial charge is 0.744 e. The van der Waals surface area contributed by atoms with Gasteiger partial charge < -0.3 is 4.55 Å². The van der Waals surface area contributed by atoms with Gasteiger partial charge in [0.15, 0.2) is 0 Å². The Balaban J connectivity index is 0.00000144. The van der Waals surface area contributed by atoms with E-state index in [1.165, 1.54) is 22.9 Å². The Morgan fingerprint density at radius 3 is 2.59 bits per heavy atom. The fourth-order valence-corrected chi connectivity index (χ4v) is 1.83. The number of nitrogens with zero attached hydrogens (tertiary/aromatic N) is 4. The number of thiol groups is 1. The Labute approximate surface area is 125 Å². The van der Waals surface area contributed by atoms with Gasteiger partial charge in [0, 0.05) is 0 Å². The van der Waals surface area contributed by atoms with Crippen LogP contribution in [0.1, 0.15) is 0 Å². The van der Waals surface area contributed by atoms with Crippen molar-refractivity contribution in [1.29, 1.82) is 0 Å². The van der Waals surface area contributed by atoms with E-state index in [1.807, 2.05) is 0 Å². The number of hydrogen-bond acceptors (Lipinski definition) is 7. The molecule has 0 aliphatic heterocycles. The van der Waals surface area contributed by atoms with E-state index >= 15 is 0 Å². The van der Waals surface area contributed by atoms with Gasteiger partial charge in [-0.3, -0.25) is 0 Å². The quantitative estimate of drug-likeness (QED) is 0.354. The van der Waals surface area contributed by atoms with Gasteiger partial charge in [-0.2, -0.15) is 4.68 Å². The molecule has 0 saturated carbocycles.